The van der Waals surface area contributed by atoms with Gasteiger partial charge in [-0.25, -0.2) is 0 Å². The fourth-order valence-electron chi connectivity index (χ4n) is 5.09. The number of amides is 2. The number of hydrogen-bond acceptors (Lipinski definition) is 2. The smallest absolute Gasteiger partial charge is 0.223 e. The normalized spacial score (nSPS) is 23.6. The first-order valence-corrected chi connectivity index (χ1v) is 11.5. The molecule has 2 amide bonds. The lowest BCUT2D eigenvalue weighted by Gasteiger charge is -2.41. The summed E-state index contributed by atoms with van der Waals surface area (Å²) < 4.78 is 0. The van der Waals surface area contributed by atoms with Crippen LogP contribution in [0.4, 0.5) is 0 Å². The van der Waals surface area contributed by atoms with E-state index >= 15 is 0 Å². The third kappa shape index (κ3) is 6.07. The molecule has 160 valence electrons. The Balaban J connectivity index is 1.44. The molecule has 1 N–H and O–H groups in total. The number of carbonyl (C=O) groups excluding carboxylic acids is 2. The SMILES string of the molecule is CC(C)(C)[C@@H]1CCCC[C@@H]1NC(=O)C1CCN(C(=O)CCc2ccccc2)CC1. The Labute approximate surface area is 176 Å². The molecule has 0 aromatic heterocycles. The second-order valence-corrected chi connectivity index (χ2v) is 10.0. The second-order valence-electron chi connectivity index (χ2n) is 10.0. The van der Waals surface area contributed by atoms with Crippen LogP contribution in [0.1, 0.15) is 71.3 Å². The van der Waals surface area contributed by atoms with Crippen molar-refractivity contribution in [3.05, 3.63) is 35.9 Å². The minimum absolute atomic E-state index is 0.0516. The zero-order chi connectivity index (χ0) is 20.9. The fourth-order valence-corrected chi connectivity index (χ4v) is 5.09. The molecule has 1 saturated carbocycles. The van der Waals surface area contributed by atoms with Crippen molar-refractivity contribution in [3.8, 4) is 0 Å². The average molecular weight is 399 g/mol. The highest BCUT2D eigenvalue weighted by atomic mass is 16.2. The third-order valence-electron chi connectivity index (χ3n) is 6.89. The van der Waals surface area contributed by atoms with Gasteiger partial charge in [0.1, 0.15) is 0 Å². The number of piperidine rings is 1. The number of aryl methyl sites for hydroxylation is 1. The van der Waals surface area contributed by atoms with Crippen molar-refractivity contribution in [1.82, 2.24) is 10.2 Å². The largest absolute Gasteiger partial charge is 0.353 e. The predicted octanol–water partition coefficient (Wildman–Crippen LogP) is 4.58. The van der Waals surface area contributed by atoms with Gasteiger partial charge in [0.2, 0.25) is 11.8 Å². The summed E-state index contributed by atoms with van der Waals surface area (Å²) in [5.74, 6) is 1.03. The summed E-state index contributed by atoms with van der Waals surface area (Å²) in [6.45, 7) is 8.29. The highest BCUT2D eigenvalue weighted by Crippen LogP contribution is 2.38. The van der Waals surface area contributed by atoms with Crippen LogP contribution in [-0.2, 0) is 16.0 Å². The van der Waals surface area contributed by atoms with E-state index in [0.29, 0.717) is 31.5 Å². The fraction of sp³-hybridized carbons (Fsp3) is 0.680. The molecule has 2 fully saturated rings. The van der Waals surface area contributed by atoms with Gasteiger partial charge < -0.3 is 10.2 Å². The topological polar surface area (TPSA) is 49.4 Å². The molecule has 1 aliphatic carbocycles. The van der Waals surface area contributed by atoms with E-state index in [1.807, 2.05) is 23.1 Å². The minimum atomic E-state index is 0.0516. The summed E-state index contributed by atoms with van der Waals surface area (Å²) in [6, 6.07) is 10.5. The van der Waals surface area contributed by atoms with Crippen molar-refractivity contribution in [3.63, 3.8) is 0 Å². The van der Waals surface area contributed by atoms with Crippen LogP contribution in [0.2, 0.25) is 0 Å². The van der Waals surface area contributed by atoms with Crippen LogP contribution in [0.5, 0.6) is 0 Å². The van der Waals surface area contributed by atoms with Crippen LogP contribution in [0.25, 0.3) is 0 Å². The summed E-state index contributed by atoms with van der Waals surface area (Å²) in [7, 11) is 0. The lowest BCUT2D eigenvalue weighted by atomic mass is 9.69. The molecule has 0 radical (unpaired) electrons. The van der Waals surface area contributed by atoms with Gasteiger partial charge in [0.05, 0.1) is 0 Å². The van der Waals surface area contributed by atoms with E-state index in [0.717, 1.165) is 25.7 Å². The molecule has 4 nitrogen and oxygen atoms in total. The van der Waals surface area contributed by atoms with Gasteiger partial charge in [-0.15, -0.1) is 0 Å². The van der Waals surface area contributed by atoms with Gasteiger partial charge in [-0.2, -0.15) is 0 Å². The standard InChI is InChI=1S/C25H38N2O2/c1-25(2,3)21-11-7-8-12-22(21)26-24(29)20-15-17-27(18-16-20)23(28)14-13-19-9-5-4-6-10-19/h4-6,9-10,20-22H,7-8,11-18H2,1-3H3,(H,26,29)/t21-,22+/m1/s1. The van der Waals surface area contributed by atoms with Crippen molar-refractivity contribution in [2.24, 2.45) is 17.3 Å². The van der Waals surface area contributed by atoms with E-state index in [4.69, 9.17) is 0 Å². The Hall–Kier alpha value is -1.84. The van der Waals surface area contributed by atoms with Crippen LogP contribution in [0.15, 0.2) is 30.3 Å². The van der Waals surface area contributed by atoms with Gasteiger partial charge in [0.15, 0.2) is 0 Å². The van der Waals surface area contributed by atoms with Crippen LogP contribution in [0, 0.1) is 17.3 Å². The quantitative estimate of drug-likeness (QED) is 0.789. The number of rotatable bonds is 5. The van der Waals surface area contributed by atoms with Crippen molar-refractivity contribution < 1.29 is 9.59 Å². The van der Waals surface area contributed by atoms with E-state index < -0.39 is 0 Å². The van der Waals surface area contributed by atoms with Gasteiger partial charge in [-0.05, 0) is 49.0 Å². The maximum atomic E-state index is 12.9. The van der Waals surface area contributed by atoms with Crippen molar-refractivity contribution in [2.45, 2.75) is 78.2 Å². The molecule has 1 heterocycles. The maximum absolute atomic E-state index is 12.9. The highest BCUT2D eigenvalue weighted by molar-refractivity contribution is 5.80. The van der Waals surface area contributed by atoms with Gasteiger partial charge >= 0.3 is 0 Å². The number of nitrogens with one attached hydrogen (secondary N) is 1. The second kappa shape index (κ2) is 9.77. The number of nitrogens with zero attached hydrogens (tertiary/aromatic N) is 1. The predicted molar refractivity (Wildman–Crippen MR) is 117 cm³/mol. The van der Waals surface area contributed by atoms with Gasteiger partial charge in [-0.1, -0.05) is 63.9 Å². The molecule has 3 rings (SSSR count). The van der Waals surface area contributed by atoms with Crippen LogP contribution < -0.4 is 5.32 Å². The van der Waals surface area contributed by atoms with Crippen molar-refractivity contribution in [2.75, 3.05) is 13.1 Å². The van der Waals surface area contributed by atoms with Gasteiger partial charge in [0, 0.05) is 31.5 Å². The van der Waals surface area contributed by atoms with E-state index in [2.05, 4.69) is 38.2 Å². The lowest BCUT2D eigenvalue weighted by molar-refractivity contribution is -0.136. The zero-order valence-corrected chi connectivity index (χ0v) is 18.5. The van der Waals surface area contributed by atoms with Crippen molar-refractivity contribution >= 4 is 11.8 Å². The molecule has 29 heavy (non-hydrogen) atoms. The molecule has 1 aromatic rings. The third-order valence-corrected chi connectivity index (χ3v) is 6.89. The van der Waals surface area contributed by atoms with Crippen LogP contribution in [-0.4, -0.2) is 35.8 Å². The minimum Gasteiger partial charge on any atom is -0.353 e. The molecule has 4 heteroatoms. The summed E-state index contributed by atoms with van der Waals surface area (Å²) in [5.41, 5.74) is 1.43. The molecule has 0 spiro atoms. The summed E-state index contributed by atoms with van der Waals surface area (Å²) in [5, 5.41) is 3.39. The molecule has 1 saturated heterocycles. The number of hydrogen-bond donors (Lipinski definition) is 1. The van der Waals surface area contributed by atoms with Gasteiger partial charge in [0.25, 0.3) is 0 Å². The molecule has 2 aliphatic rings. The van der Waals surface area contributed by atoms with Crippen LogP contribution in [0.3, 0.4) is 0 Å². The first kappa shape index (κ1) is 21.9. The maximum Gasteiger partial charge on any atom is 0.223 e. The molecule has 1 aromatic carbocycles. The summed E-state index contributed by atoms with van der Waals surface area (Å²) in [4.78, 5) is 27.4. The Morgan fingerprint density at radius 1 is 1.00 bits per heavy atom. The monoisotopic (exact) mass is 398 g/mol. The molecule has 0 unspecified atom stereocenters. The van der Waals surface area contributed by atoms with Crippen molar-refractivity contribution in [1.29, 1.82) is 0 Å². The van der Waals surface area contributed by atoms with Crippen LogP contribution >= 0.6 is 0 Å². The molecular formula is C25H38N2O2. The Morgan fingerprint density at radius 2 is 1.66 bits per heavy atom. The van der Waals surface area contributed by atoms with E-state index in [1.165, 1.54) is 24.8 Å². The summed E-state index contributed by atoms with van der Waals surface area (Å²) in [6.07, 6.45) is 7.72. The van der Waals surface area contributed by atoms with Gasteiger partial charge in [-0.3, -0.25) is 9.59 Å². The lowest BCUT2D eigenvalue weighted by Crippen LogP contribution is -2.50. The number of carbonyl (C=O) groups is 2. The van der Waals surface area contributed by atoms with E-state index in [9.17, 15) is 9.59 Å². The van der Waals surface area contributed by atoms with E-state index in [1.54, 1.807) is 0 Å². The first-order chi connectivity index (χ1) is 13.8. The first-order valence-electron chi connectivity index (χ1n) is 11.5. The Kier molecular flexibility index (Phi) is 7.37. The van der Waals surface area contributed by atoms with E-state index in [-0.39, 0.29) is 23.1 Å². The Morgan fingerprint density at radius 3 is 2.31 bits per heavy atom. The average Bonchev–Trinajstić information content (AvgIpc) is 2.72. The highest BCUT2D eigenvalue weighted by Gasteiger charge is 2.36. The molecular weight excluding hydrogens is 360 g/mol. The molecule has 2 atom stereocenters. The number of benzene rings is 1. The molecule has 0 bridgehead atoms. The Bertz CT molecular complexity index is 672. The zero-order valence-electron chi connectivity index (χ0n) is 18.5. The number of likely N-dealkylation sites (tertiary alicyclic amines) is 1. The molecule has 1 aliphatic heterocycles. The summed E-state index contributed by atoms with van der Waals surface area (Å²) >= 11 is 0.